The third-order valence-corrected chi connectivity index (χ3v) is 2.01. The first kappa shape index (κ1) is 10.3. The Morgan fingerprint density at radius 2 is 1.64 bits per heavy atom. The molecule has 0 aliphatic rings. The van der Waals surface area contributed by atoms with Gasteiger partial charge < -0.3 is 0 Å². The molecule has 0 amide bonds. The summed E-state index contributed by atoms with van der Waals surface area (Å²) < 4.78 is 0. The molecule has 0 saturated carbocycles. The second-order valence-electron chi connectivity index (χ2n) is 2.85. The molecule has 0 radical (unpaired) electrons. The Labute approximate surface area is 85.6 Å². The lowest BCUT2D eigenvalue weighted by molar-refractivity contribution is 1.58. The zero-order valence-electron chi connectivity index (χ0n) is 8.24. The summed E-state index contributed by atoms with van der Waals surface area (Å²) in [6.45, 7) is 11.2. The molecule has 14 heavy (non-hydrogen) atoms. The van der Waals surface area contributed by atoms with E-state index in [0.717, 1.165) is 16.7 Å². The van der Waals surface area contributed by atoms with E-state index in [-0.39, 0.29) is 0 Å². The van der Waals surface area contributed by atoms with Crippen LogP contribution in [0.3, 0.4) is 0 Å². The molecule has 0 nitrogen and oxygen atoms in total. The second kappa shape index (κ2) is 5.03. The standard InChI is InChI=1S/C14H14/c1-4-7-9-13-11-8-10-12(5-2)14(13)6-3/h4-11H,1-3H2. The lowest BCUT2D eigenvalue weighted by atomic mass is 10.0. The molecule has 1 aromatic rings. The van der Waals surface area contributed by atoms with Crippen molar-refractivity contribution in [2.45, 2.75) is 0 Å². The van der Waals surface area contributed by atoms with Crippen LogP contribution >= 0.6 is 0 Å². The van der Waals surface area contributed by atoms with Crippen LogP contribution in [-0.2, 0) is 0 Å². The van der Waals surface area contributed by atoms with E-state index in [0.29, 0.717) is 0 Å². The Morgan fingerprint density at radius 3 is 2.21 bits per heavy atom. The molecular formula is C14H14. The zero-order valence-corrected chi connectivity index (χ0v) is 8.24. The smallest absolute Gasteiger partial charge is 0.0118 e. The second-order valence-corrected chi connectivity index (χ2v) is 2.85. The third kappa shape index (κ3) is 2.11. The van der Waals surface area contributed by atoms with Gasteiger partial charge in [0.25, 0.3) is 0 Å². The van der Waals surface area contributed by atoms with Gasteiger partial charge in [0.15, 0.2) is 0 Å². The Kier molecular flexibility index (Phi) is 3.69. The van der Waals surface area contributed by atoms with Crippen LogP contribution in [-0.4, -0.2) is 0 Å². The van der Waals surface area contributed by atoms with Crippen LogP contribution in [0.2, 0.25) is 0 Å². The van der Waals surface area contributed by atoms with Gasteiger partial charge in [-0.15, -0.1) is 0 Å². The van der Waals surface area contributed by atoms with E-state index < -0.39 is 0 Å². The molecule has 0 aliphatic heterocycles. The molecular weight excluding hydrogens is 168 g/mol. The van der Waals surface area contributed by atoms with Gasteiger partial charge in [-0.1, -0.05) is 68.3 Å². The molecule has 70 valence electrons. The number of rotatable bonds is 4. The summed E-state index contributed by atoms with van der Waals surface area (Å²) in [7, 11) is 0. The highest BCUT2D eigenvalue weighted by molar-refractivity contribution is 5.73. The Morgan fingerprint density at radius 1 is 0.929 bits per heavy atom. The van der Waals surface area contributed by atoms with Crippen LogP contribution in [0, 0.1) is 0 Å². The van der Waals surface area contributed by atoms with Crippen LogP contribution in [0.1, 0.15) is 16.7 Å². The van der Waals surface area contributed by atoms with Gasteiger partial charge in [-0.2, -0.15) is 0 Å². The van der Waals surface area contributed by atoms with Crippen molar-refractivity contribution in [3.63, 3.8) is 0 Å². The molecule has 0 N–H and O–H groups in total. The molecule has 0 spiro atoms. The van der Waals surface area contributed by atoms with Gasteiger partial charge >= 0.3 is 0 Å². The largest absolute Gasteiger partial charge is 0.0991 e. The van der Waals surface area contributed by atoms with Crippen molar-refractivity contribution in [2.75, 3.05) is 0 Å². The maximum absolute atomic E-state index is 3.80. The minimum atomic E-state index is 1.10. The first-order valence-electron chi connectivity index (χ1n) is 4.50. The molecule has 0 aromatic heterocycles. The van der Waals surface area contributed by atoms with Crippen molar-refractivity contribution in [2.24, 2.45) is 0 Å². The van der Waals surface area contributed by atoms with Crippen molar-refractivity contribution in [3.05, 3.63) is 66.8 Å². The van der Waals surface area contributed by atoms with E-state index in [2.05, 4.69) is 19.7 Å². The SMILES string of the molecule is C=CC=Cc1cccc(C=C)c1C=C. The average molecular weight is 182 g/mol. The van der Waals surface area contributed by atoms with Crippen molar-refractivity contribution in [3.8, 4) is 0 Å². The predicted octanol–water partition coefficient (Wildman–Crippen LogP) is 4.17. The first-order chi connectivity index (χ1) is 6.83. The topological polar surface area (TPSA) is 0 Å². The fraction of sp³-hybridized carbons (Fsp3) is 0. The molecule has 1 rings (SSSR count). The molecule has 0 aliphatic carbocycles. The molecule has 0 heterocycles. The van der Waals surface area contributed by atoms with Gasteiger partial charge in [-0.25, -0.2) is 0 Å². The van der Waals surface area contributed by atoms with Crippen molar-refractivity contribution in [1.82, 2.24) is 0 Å². The Hall–Kier alpha value is -1.82. The maximum Gasteiger partial charge on any atom is -0.0118 e. The van der Waals surface area contributed by atoms with Crippen LogP contribution < -0.4 is 0 Å². The van der Waals surface area contributed by atoms with Crippen LogP contribution in [0.5, 0.6) is 0 Å². The molecule has 1 aromatic carbocycles. The maximum atomic E-state index is 3.80. The molecule has 0 atom stereocenters. The highest BCUT2D eigenvalue weighted by Crippen LogP contribution is 2.18. The summed E-state index contributed by atoms with van der Waals surface area (Å²) in [5.41, 5.74) is 3.35. The predicted molar refractivity (Wildman–Crippen MR) is 65.9 cm³/mol. The number of hydrogen-bond donors (Lipinski definition) is 0. The van der Waals surface area contributed by atoms with Crippen molar-refractivity contribution < 1.29 is 0 Å². The summed E-state index contributed by atoms with van der Waals surface area (Å²) in [5.74, 6) is 0. The van der Waals surface area contributed by atoms with E-state index in [4.69, 9.17) is 0 Å². The van der Waals surface area contributed by atoms with Gasteiger partial charge in [0, 0.05) is 0 Å². The first-order valence-corrected chi connectivity index (χ1v) is 4.50. The van der Waals surface area contributed by atoms with Crippen molar-refractivity contribution >= 4 is 18.2 Å². The normalized spacial score (nSPS) is 10.0. The van der Waals surface area contributed by atoms with E-state index in [1.165, 1.54) is 0 Å². The molecule has 0 saturated heterocycles. The highest BCUT2D eigenvalue weighted by atomic mass is 14.0. The molecule has 0 unspecified atom stereocenters. The summed E-state index contributed by atoms with van der Waals surface area (Å²) in [6.07, 6.45) is 9.36. The quantitative estimate of drug-likeness (QED) is 0.613. The molecule has 0 bridgehead atoms. The summed E-state index contributed by atoms with van der Waals surface area (Å²) >= 11 is 0. The monoisotopic (exact) mass is 182 g/mol. The fourth-order valence-electron chi connectivity index (χ4n) is 1.33. The minimum absolute atomic E-state index is 1.10. The number of hydrogen-bond acceptors (Lipinski definition) is 0. The van der Waals surface area contributed by atoms with Gasteiger partial charge in [0.05, 0.1) is 0 Å². The highest BCUT2D eigenvalue weighted by Gasteiger charge is 1.98. The van der Waals surface area contributed by atoms with Gasteiger partial charge in [-0.05, 0) is 16.7 Å². The van der Waals surface area contributed by atoms with Gasteiger partial charge in [-0.3, -0.25) is 0 Å². The van der Waals surface area contributed by atoms with Crippen LogP contribution in [0.4, 0.5) is 0 Å². The van der Waals surface area contributed by atoms with E-state index in [1.54, 1.807) is 6.08 Å². The van der Waals surface area contributed by atoms with Gasteiger partial charge in [0.2, 0.25) is 0 Å². The van der Waals surface area contributed by atoms with Crippen LogP contribution in [0.25, 0.3) is 18.2 Å². The van der Waals surface area contributed by atoms with E-state index in [9.17, 15) is 0 Å². The van der Waals surface area contributed by atoms with E-state index >= 15 is 0 Å². The van der Waals surface area contributed by atoms with Gasteiger partial charge in [0.1, 0.15) is 0 Å². The Bertz CT molecular complexity index is 381. The van der Waals surface area contributed by atoms with Crippen molar-refractivity contribution in [1.29, 1.82) is 0 Å². The summed E-state index contributed by atoms with van der Waals surface area (Å²) in [5, 5.41) is 0. The number of allylic oxidation sites excluding steroid dienone is 2. The summed E-state index contributed by atoms with van der Waals surface area (Å²) in [6, 6.07) is 6.08. The fourth-order valence-corrected chi connectivity index (χ4v) is 1.33. The number of benzene rings is 1. The summed E-state index contributed by atoms with van der Waals surface area (Å²) in [4.78, 5) is 0. The molecule has 0 fully saturated rings. The zero-order chi connectivity index (χ0) is 10.4. The average Bonchev–Trinajstić information content (AvgIpc) is 2.25. The van der Waals surface area contributed by atoms with E-state index in [1.807, 2.05) is 42.5 Å². The third-order valence-electron chi connectivity index (χ3n) is 2.01. The van der Waals surface area contributed by atoms with Crippen LogP contribution in [0.15, 0.2) is 50.1 Å². The lowest BCUT2D eigenvalue weighted by Crippen LogP contribution is -1.84. The Balaban J connectivity index is 3.27. The molecule has 0 heteroatoms. The lowest BCUT2D eigenvalue weighted by Gasteiger charge is -2.04. The minimum Gasteiger partial charge on any atom is -0.0991 e.